The average molecular weight is 237 g/mol. The highest BCUT2D eigenvalue weighted by Crippen LogP contribution is 1.88. The third kappa shape index (κ3) is 4.03. The molecule has 1 unspecified atom stereocenters. The second-order valence-electron chi connectivity index (χ2n) is 4.14. The number of carbonyl (C=O) groups excluding carboxylic acids is 1. The third-order valence-electron chi connectivity index (χ3n) is 2.51. The highest BCUT2D eigenvalue weighted by Gasteiger charge is 2.13. The van der Waals surface area contributed by atoms with Gasteiger partial charge in [0, 0.05) is 39.4 Å². The van der Waals surface area contributed by atoms with Crippen LogP contribution in [0.1, 0.15) is 6.92 Å². The number of hydrogen-bond donors (Lipinski definition) is 1. The van der Waals surface area contributed by atoms with Crippen LogP contribution in [0.3, 0.4) is 0 Å². The maximum Gasteiger partial charge on any atom is 0.250 e. The molecule has 0 aliphatic heterocycles. The molecule has 0 saturated heterocycles. The second kappa shape index (κ2) is 6.20. The summed E-state index contributed by atoms with van der Waals surface area (Å²) >= 11 is 0. The van der Waals surface area contributed by atoms with Crippen LogP contribution in [-0.2, 0) is 11.3 Å². The fourth-order valence-corrected chi connectivity index (χ4v) is 1.52. The maximum atomic E-state index is 11.5. The first-order valence-corrected chi connectivity index (χ1v) is 5.62. The topological polar surface area (TPSA) is 54.3 Å². The summed E-state index contributed by atoms with van der Waals surface area (Å²) in [6, 6.07) is 4.82. The van der Waals surface area contributed by atoms with Gasteiger partial charge >= 0.3 is 0 Å². The van der Waals surface area contributed by atoms with Gasteiger partial charge in [-0.1, -0.05) is 6.07 Å². The molecule has 0 saturated carbocycles. The van der Waals surface area contributed by atoms with Gasteiger partial charge in [0.1, 0.15) is 0 Å². The lowest BCUT2D eigenvalue weighted by atomic mass is 10.3. The predicted molar refractivity (Wildman–Crippen MR) is 66.9 cm³/mol. The summed E-state index contributed by atoms with van der Waals surface area (Å²) in [5.41, 5.74) is -0.0270. The van der Waals surface area contributed by atoms with Crippen molar-refractivity contribution in [3.05, 3.63) is 34.7 Å². The van der Waals surface area contributed by atoms with Crippen molar-refractivity contribution >= 4 is 5.91 Å². The number of aromatic nitrogens is 1. The van der Waals surface area contributed by atoms with E-state index in [0.29, 0.717) is 13.1 Å². The van der Waals surface area contributed by atoms with Crippen LogP contribution in [0.15, 0.2) is 29.2 Å². The number of pyridine rings is 1. The Morgan fingerprint density at radius 2 is 2.18 bits per heavy atom. The van der Waals surface area contributed by atoms with Gasteiger partial charge in [-0.2, -0.15) is 0 Å². The van der Waals surface area contributed by atoms with Crippen molar-refractivity contribution in [2.45, 2.75) is 19.5 Å². The van der Waals surface area contributed by atoms with E-state index in [1.807, 2.05) is 13.0 Å². The molecule has 0 aromatic carbocycles. The van der Waals surface area contributed by atoms with Gasteiger partial charge in [0.25, 0.3) is 5.56 Å². The molecule has 5 nitrogen and oxygen atoms in total. The standard InChI is InChI=1S/C12H19N3O2/c1-10(12(17)14(2)3)13-7-9-15-8-5-4-6-11(15)16/h4-6,8,10,13H,7,9H2,1-3H3. The first kappa shape index (κ1) is 13.4. The lowest BCUT2D eigenvalue weighted by molar-refractivity contribution is -0.130. The number of nitrogens with zero attached hydrogens (tertiary/aromatic N) is 2. The summed E-state index contributed by atoms with van der Waals surface area (Å²) in [5.74, 6) is 0.0328. The van der Waals surface area contributed by atoms with Crippen LogP contribution >= 0.6 is 0 Å². The summed E-state index contributed by atoms with van der Waals surface area (Å²) in [5, 5.41) is 3.09. The zero-order valence-corrected chi connectivity index (χ0v) is 10.5. The number of likely N-dealkylation sites (N-methyl/N-ethyl adjacent to an activating group) is 1. The third-order valence-corrected chi connectivity index (χ3v) is 2.51. The molecule has 0 spiro atoms. The van der Waals surface area contributed by atoms with Gasteiger partial charge in [-0.15, -0.1) is 0 Å². The molecule has 1 atom stereocenters. The molecule has 0 radical (unpaired) electrons. The number of hydrogen-bond acceptors (Lipinski definition) is 3. The van der Waals surface area contributed by atoms with E-state index < -0.39 is 0 Å². The van der Waals surface area contributed by atoms with E-state index in [-0.39, 0.29) is 17.5 Å². The van der Waals surface area contributed by atoms with E-state index in [2.05, 4.69) is 5.32 Å². The summed E-state index contributed by atoms with van der Waals surface area (Å²) in [6.07, 6.45) is 1.74. The maximum absolute atomic E-state index is 11.5. The quantitative estimate of drug-likeness (QED) is 0.779. The fourth-order valence-electron chi connectivity index (χ4n) is 1.52. The van der Waals surface area contributed by atoms with Crippen LogP contribution in [0.25, 0.3) is 0 Å². The highest BCUT2D eigenvalue weighted by atomic mass is 16.2. The molecule has 5 heteroatoms. The molecule has 1 aromatic rings. The van der Waals surface area contributed by atoms with Crippen molar-refractivity contribution in [1.82, 2.24) is 14.8 Å². The van der Waals surface area contributed by atoms with Crippen molar-refractivity contribution in [2.24, 2.45) is 0 Å². The Labute approximate surface area is 101 Å². The van der Waals surface area contributed by atoms with E-state index >= 15 is 0 Å². The lowest BCUT2D eigenvalue weighted by Crippen LogP contribution is -2.43. The summed E-state index contributed by atoms with van der Waals surface area (Å²) in [4.78, 5) is 24.5. The van der Waals surface area contributed by atoms with Gasteiger partial charge < -0.3 is 14.8 Å². The minimum absolute atomic E-state index is 0.0270. The zero-order valence-electron chi connectivity index (χ0n) is 10.5. The molecule has 1 N–H and O–H groups in total. The number of rotatable bonds is 5. The number of nitrogens with one attached hydrogen (secondary N) is 1. The Morgan fingerprint density at radius 3 is 2.76 bits per heavy atom. The van der Waals surface area contributed by atoms with E-state index in [9.17, 15) is 9.59 Å². The summed E-state index contributed by atoms with van der Waals surface area (Å²) in [6.45, 7) is 2.96. The van der Waals surface area contributed by atoms with Gasteiger partial charge in [-0.25, -0.2) is 0 Å². The largest absolute Gasteiger partial charge is 0.347 e. The van der Waals surface area contributed by atoms with Crippen molar-refractivity contribution < 1.29 is 4.79 Å². The van der Waals surface area contributed by atoms with Crippen molar-refractivity contribution in [2.75, 3.05) is 20.6 Å². The zero-order chi connectivity index (χ0) is 12.8. The van der Waals surface area contributed by atoms with E-state index in [1.54, 1.807) is 35.8 Å². The van der Waals surface area contributed by atoms with Crippen molar-refractivity contribution in [1.29, 1.82) is 0 Å². The van der Waals surface area contributed by atoms with Gasteiger partial charge in [-0.3, -0.25) is 9.59 Å². The Balaban J connectivity index is 2.41. The molecule has 1 aromatic heterocycles. The number of carbonyl (C=O) groups is 1. The van der Waals surface area contributed by atoms with Crippen LogP contribution in [0.4, 0.5) is 0 Å². The van der Waals surface area contributed by atoms with Gasteiger partial charge in [-0.05, 0) is 13.0 Å². The highest BCUT2D eigenvalue weighted by molar-refractivity contribution is 5.80. The molecule has 0 aliphatic carbocycles. The Hall–Kier alpha value is -1.62. The van der Waals surface area contributed by atoms with Crippen LogP contribution in [0, 0.1) is 0 Å². The molecule has 0 bridgehead atoms. The molecule has 17 heavy (non-hydrogen) atoms. The minimum atomic E-state index is -0.232. The Bertz CT molecular complexity index is 426. The van der Waals surface area contributed by atoms with Gasteiger partial charge in [0.05, 0.1) is 6.04 Å². The summed E-state index contributed by atoms with van der Waals surface area (Å²) in [7, 11) is 3.45. The molecule has 94 valence electrons. The van der Waals surface area contributed by atoms with Crippen LogP contribution < -0.4 is 10.9 Å². The molecule has 1 rings (SSSR count). The Kier molecular flexibility index (Phi) is 4.90. The average Bonchev–Trinajstić information content (AvgIpc) is 2.30. The smallest absolute Gasteiger partial charge is 0.250 e. The minimum Gasteiger partial charge on any atom is -0.347 e. The van der Waals surface area contributed by atoms with Crippen LogP contribution in [0.2, 0.25) is 0 Å². The van der Waals surface area contributed by atoms with Gasteiger partial charge in [0.2, 0.25) is 5.91 Å². The summed E-state index contributed by atoms with van der Waals surface area (Å²) < 4.78 is 1.61. The normalized spacial score (nSPS) is 12.2. The molecule has 0 aliphatic rings. The van der Waals surface area contributed by atoms with Crippen molar-refractivity contribution in [3.63, 3.8) is 0 Å². The lowest BCUT2D eigenvalue weighted by Gasteiger charge is -2.18. The number of amides is 1. The first-order valence-electron chi connectivity index (χ1n) is 5.62. The van der Waals surface area contributed by atoms with Crippen molar-refractivity contribution in [3.8, 4) is 0 Å². The Morgan fingerprint density at radius 1 is 1.47 bits per heavy atom. The fraction of sp³-hybridized carbons (Fsp3) is 0.500. The van der Waals surface area contributed by atoms with E-state index in [1.165, 1.54) is 6.07 Å². The molecule has 0 fully saturated rings. The van der Waals surface area contributed by atoms with Crippen LogP contribution in [-0.4, -0.2) is 42.1 Å². The van der Waals surface area contributed by atoms with E-state index in [4.69, 9.17) is 0 Å². The monoisotopic (exact) mass is 237 g/mol. The second-order valence-corrected chi connectivity index (χ2v) is 4.14. The van der Waals surface area contributed by atoms with Crippen LogP contribution in [0.5, 0.6) is 0 Å². The first-order chi connectivity index (χ1) is 8.02. The van der Waals surface area contributed by atoms with E-state index in [0.717, 1.165) is 0 Å². The predicted octanol–water partition coefficient (Wildman–Crippen LogP) is -0.0854. The molecule has 1 heterocycles. The molecular formula is C12H19N3O2. The molecule has 1 amide bonds. The molecular weight excluding hydrogens is 218 g/mol. The SMILES string of the molecule is CC(NCCn1ccccc1=O)C(=O)N(C)C. The van der Waals surface area contributed by atoms with Gasteiger partial charge in [0.15, 0.2) is 0 Å².